The third-order valence-corrected chi connectivity index (χ3v) is 7.46. The van der Waals surface area contributed by atoms with Crippen molar-refractivity contribution in [3.63, 3.8) is 0 Å². The summed E-state index contributed by atoms with van der Waals surface area (Å²) in [6, 6.07) is 20.5. The van der Waals surface area contributed by atoms with E-state index < -0.39 is 16.9 Å². The van der Waals surface area contributed by atoms with Crippen LogP contribution in [0.1, 0.15) is 31.9 Å². The summed E-state index contributed by atoms with van der Waals surface area (Å²) in [5, 5.41) is 0. The van der Waals surface area contributed by atoms with Gasteiger partial charge in [0, 0.05) is 24.2 Å². The first-order valence-electron chi connectivity index (χ1n) is 11.2. The minimum Gasteiger partial charge on any atom is -0.449 e. The number of amides is 1. The Labute approximate surface area is 188 Å². The number of ketones is 1. The zero-order valence-electron chi connectivity index (χ0n) is 18.6. The molecule has 2 aromatic carbocycles. The van der Waals surface area contributed by atoms with Crippen LogP contribution < -0.4 is 0 Å². The topological polar surface area (TPSA) is 46.6 Å². The van der Waals surface area contributed by atoms with E-state index in [9.17, 15) is 9.59 Å². The molecule has 0 spiro atoms. The number of carbonyl (C=O) groups is 2. The molecule has 162 valence electrons. The minimum atomic E-state index is -0.697. The summed E-state index contributed by atoms with van der Waals surface area (Å²) in [6.07, 6.45) is 7.15. The Morgan fingerprint density at radius 2 is 1.28 bits per heavy atom. The Morgan fingerprint density at radius 1 is 0.844 bits per heavy atom. The third kappa shape index (κ3) is 2.62. The maximum Gasteiger partial charge on any atom is 0.417 e. The lowest BCUT2D eigenvalue weighted by atomic mass is 9.62. The molecule has 0 saturated heterocycles. The molecule has 1 fully saturated rings. The fourth-order valence-corrected chi connectivity index (χ4v) is 6.10. The number of rotatable bonds is 3. The smallest absolute Gasteiger partial charge is 0.417 e. The number of ether oxygens (including phenoxy) is 1. The third-order valence-electron chi connectivity index (χ3n) is 7.46. The molecule has 2 aliphatic carbocycles. The van der Waals surface area contributed by atoms with Gasteiger partial charge in [0.25, 0.3) is 0 Å². The number of nitrogens with zero attached hydrogens (tertiary/aromatic N) is 1. The van der Waals surface area contributed by atoms with E-state index in [0.29, 0.717) is 6.61 Å². The van der Waals surface area contributed by atoms with Crippen LogP contribution in [-0.2, 0) is 9.53 Å². The van der Waals surface area contributed by atoms with Gasteiger partial charge in [-0.3, -0.25) is 9.69 Å². The molecule has 4 heteroatoms. The minimum absolute atomic E-state index is 0.0571. The van der Waals surface area contributed by atoms with E-state index in [1.165, 1.54) is 4.90 Å². The monoisotopic (exact) mass is 425 g/mol. The lowest BCUT2D eigenvalue weighted by Crippen LogP contribution is -2.31. The zero-order chi connectivity index (χ0) is 22.5. The quantitative estimate of drug-likeness (QED) is 0.612. The average molecular weight is 426 g/mol. The highest BCUT2D eigenvalue weighted by Crippen LogP contribution is 2.72. The maximum absolute atomic E-state index is 14.2. The Balaban J connectivity index is 1.74. The van der Waals surface area contributed by atoms with E-state index in [1.54, 1.807) is 19.3 Å². The van der Waals surface area contributed by atoms with Gasteiger partial charge in [-0.1, -0.05) is 72.8 Å². The first-order chi connectivity index (χ1) is 15.4. The van der Waals surface area contributed by atoms with E-state index in [0.717, 1.165) is 22.3 Å². The second kappa shape index (κ2) is 7.33. The van der Waals surface area contributed by atoms with Gasteiger partial charge in [0.1, 0.15) is 0 Å². The number of hydrogen-bond acceptors (Lipinski definition) is 3. The number of Topliss-reactive ketones (excluding diaryl/α,β-unsaturated/α-hetero) is 1. The summed E-state index contributed by atoms with van der Waals surface area (Å²) >= 11 is 0. The van der Waals surface area contributed by atoms with Crippen molar-refractivity contribution in [3.8, 4) is 0 Å². The second-order valence-corrected chi connectivity index (χ2v) is 9.06. The molecule has 0 N–H and O–H groups in total. The normalized spacial score (nSPS) is 30.5. The highest BCUT2D eigenvalue weighted by Gasteiger charge is 2.70. The van der Waals surface area contributed by atoms with Gasteiger partial charge in [-0.25, -0.2) is 4.79 Å². The van der Waals surface area contributed by atoms with Gasteiger partial charge in [-0.15, -0.1) is 0 Å². The molecule has 5 rings (SSSR count). The molecule has 1 amide bonds. The van der Waals surface area contributed by atoms with Crippen LogP contribution in [0, 0.1) is 22.7 Å². The summed E-state index contributed by atoms with van der Waals surface area (Å²) in [5.41, 5.74) is 2.96. The average Bonchev–Trinajstić information content (AvgIpc) is 3.01. The van der Waals surface area contributed by atoms with Crippen LogP contribution in [0.2, 0.25) is 0 Å². The van der Waals surface area contributed by atoms with E-state index >= 15 is 0 Å². The molecule has 1 saturated carbocycles. The Hall–Kier alpha value is -3.40. The molecule has 2 bridgehead atoms. The summed E-state index contributed by atoms with van der Waals surface area (Å²) in [7, 11) is 0. The molecule has 3 aliphatic rings. The van der Waals surface area contributed by atoms with Crippen molar-refractivity contribution < 1.29 is 14.3 Å². The van der Waals surface area contributed by atoms with Gasteiger partial charge in [0.15, 0.2) is 5.78 Å². The van der Waals surface area contributed by atoms with Crippen molar-refractivity contribution in [3.05, 3.63) is 96.3 Å². The van der Waals surface area contributed by atoms with Crippen molar-refractivity contribution in [2.75, 3.05) is 6.61 Å². The number of carbonyl (C=O) groups excluding carboxylic acids is 2. The summed E-state index contributed by atoms with van der Waals surface area (Å²) in [5.74, 6) is 0.133. The SMILES string of the molecule is CCOC(=O)N1C=C[C@@H]2[C@@H](C=C1)[C@@]1(C)C(=O)[C@@]2(C)C(c2ccccc2)=C1c1ccccc1. The first kappa shape index (κ1) is 20.5. The number of hydrogen-bond donors (Lipinski definition) is 0. The number of allylic oxidation sites excluding steroid dienone is 4. The van der Waals surface area contributed by atoms with Crippen molar-refractivity contribution in [2.24, 2.45) is 22.7 Å². The van der Waals surface area contributed by atoms with E-state index in [1.807, 2.05) is 48.6 Å². The molecule has 4 atom stereocenters. The summed E-state index contributed by atoms with van der Waals surface area (Å²) in [6.45, 7) is 6.26. The standard InChI is InChI=1S/C28H27NO3/c1-4-32-26(31)29-17-15-21-22(16-18-29)28(3)24(20-13-9-6-10-14-20)23(27(21,2)25(28)30)19-11-7-5-8-12-19/h5-18,21-22H,4H2,1-3H3/t21-,22-,27-,28-/m1/s1. The van der Waals surface area contributed by atoms with Crippen LogP contribution in [0.15, 0.2) is 85.2 Å². The molecule has 0 aromatic heterocycles. The first-order valence-corrected chi connectivity index (χ1v) is 11.2. The molecule has 0 radical (unpaired) electrons. The summed E-state index contributed by atoms with van der Waals surface area (Å²) < 4.78 is 5.19. The van der Waals surface area contributed by atoms with E-state index in [2.05, 4.69) is 38.1 Å². The van der Waals surface area contributed by atoms with Crippen molar-refractivity contribution >= 4 is 23.0 Å². The highest BCUT2D eigenvalue weighted by atomic mass is 16.5. The molecule has 4 nitrogen and oxygen atoms in total. The van der Waals surface area contributed by atoms with Crippen molar-refractivity contribution in [1.29, 1.82) is 0 Å². The molecule has 32 heavy (non-hydrogen) atoms. The molecule has 0 unspecified atom stereocenters. The Morgan fingerprint density at radius 3 is 1.69 bits per heavy atom. The summed E-state index contributed by atoms with van der Waals surface area (Å²) in [4.78, 5) is 28.0. The Bertz CT molecular complexity index is 1080. The molecule has 1 heterocycles. The lowest BCUT2D eigenvalue weighted by molar-refractivity contribution is -0.127. The van der Waals surface area contributed by atoms with Crippen LogP contribution >= 0.6 is 0 Å². The van der Waals surface area contributed by atoms with Crippen molar-refractivity contribution in [2.45, 2.75) is 20.8 Å². The van der Waals surface area contributed by atoms with Gasteiger partial charge >= 0.3 is 6.09 Å². The van der Waals surface area contributed by atoms with E-state index in [4.69, 9.17) is 4.74 Å². The maximum atomic E-state index is 14.2. The van der Waals surface area contributed by atoms with Gasteiger partial charge < -0.3 is 4.74 Å². The van der Waals surface area contributed by atoms with Gasteiger partial charge in [-0.2, -0.15) is 0 Å². The van der Waals surface area contributed by atoms with Crippen LogP contribution in [-0.4, -0.2) is 23.4 Å². The Kier molecular flexibility index (Phi) is 4.70. The molecule has 2 aromatic rings. The molecule has 1 aliphatic heterocycles. The fraction of sp³-hybridized carbons (Fsp3) is 0.286. The van der Waals surface area contributed by atoms with Gasteiger partial charge in [0.05, 0.1) is 17.4 Å². The highest BCUT2D eigenvalue weighted by molar-refractivity contribution is 6.23. The van der Waals surface area contributed by atoms with Crippen LogP contribution in [0.4, 0.5) is 4.79 Å². The largest absolute Gasteiger partial charge is 0.449 e. The second-order valence-electron chi connectivity index (χ2n) is 9.06. The predicted octanol–water partition coefficient (Wildman–Crippen LogP) is 5.94. The van der Waals surface area contributed by atoms with Crippen LogP contribution in [0.25, 0.3) is 11.1 Å². The van der Waals surface area contributed by atoms with Gasteiger partial charge in [-0.05, 0) is 43.0 Å². The zero-order valence-corrected chi connectivity index (χ0v) is 18.6. The predicted molar refractivity (Wildman–Crippen MR) is 125 cm³/mol. The van der Waals surface area contributed by atoms with Crippen LogP contribution in [0.5, 0.6) is 0 Å². The van der Waals surface area contributed by atoms with Crippen LogP contribution in [0.3, 0.4) is 0 Å². The van der Waals surface area contributed by atoms with Crippen molar-refractivity contribution in [1.82, 2.24) is 4.90 Å². The van der Waals surface area contributed by atoms with Gasteiger partial charge in [0.2, 0.25) is 0 Å². The fourth-order valence-electron chi connectivity index (χ4n) is 6.10. The number of benzene rings is 2. The molecular formula is C28H27NO3. The van der Waals surface area contributed by atoms with E-state index in [-0.39, 0.29) is 17.6 Å². The lowest BCUT2D eigenvalue weighted by Gasteiger charge is -2.39. The molecular weight excluding hydrogens is 398 g/mol. The number of fused-ring (bicyclic) bond motifs is 5.